The lowest BCUT2D eigenvalue weighted by Crippen LogP contribution is -2.28. The topological polar surface area (TPSA) is 93.2 Å². The molecule has 1 aromatic rings. The summed E-state index contributed by atoms with van der Waals surface area (Å²) < 4.78 is 60.6. The first kappa shape index (κ1) is 19.2. The van der Waals surface area contributed by atoms with Crippen LogP contribution < -0.4 is 9.80 Å². The van der Waals surface area contributed by atoms with Gasteiger partial charge in [-0.1, -0.05) is 0 Å². The number of allylic oxidation sites excluding steroid dienone is 1. The summed E-state index contributed by atoms with van der Waals surface area (Å²) in [6.07, 6.45) is 1.79. The van der Waals surface area contributed by atoms with Crippen LogP contribution in [0.15, 0.2) is 24.4 Å². The number of halogens is 2. The van der Waals surface area contributed by atoms with Crippen LogP contribution in [0.4, 0.5) is 25.0 Å². The van der Waals surface area contributed by atoms with E-state index in [4.69, 9.17) is 4.74 Å². The largest absolute Gasteiger partial charge is 0.441 e. The Labute approximate surface area is 154 Å². The highest BCUT2D eigenvalue weighted by Crippen LogP contribution is 2.32. The first-order valence-corrected chi connectivity index (χ1v) is 9.75. The molecule has 1 saturated heterocycles. The second kappa shape index (κ2) is 7.24. The summed E-state index contributed by atoms with van der Waals surface area (Å²) in [5, 5.41) is 0. The third kappa shape index (κ3) is 4.25. The molecule has 0 radical (unpaired) electrons. The Balaban J connectivity index is 1.79. The zero-order valence-corrected chi connectivity index (χ0v) is 15.0. The molecule has 1 amide bonds. The minimum atomic E-state index is -3.73. The Hall–Kier alpha value is -2.53. The molecule has 1 aromatic carbocycles. The van der Waals surface area contributed by atoms with E-state index in [9.17, 15) is 26.8 Å². The highest BCUT2D eigenvalue weighted by Gasteiger charge is 2.36. The molecule has 3 rings (SSSR count). The number of ketones is 1. The van der Waals surface area contributed by atoms with E-state index in [1.54, 1.807) is 0 Å². The second-order valence-electron chi connectivity index (χ2n) is 6.06. The van der Waals surface area contributed by atoms with Crippen LogP contribution in [0.1, 0.15) is 6.42 Å². The molecule has 2 heterocycles. The van der Waals surface area contributed by atoms with Gasteiger partial charge in [0.2, 0.25) is 0 Å². The molecule has 27 heavy (non-hydrogen) atoms. The van der Waals surface area contributed by atoms with Gasteiger partial charge in [-0.3, -0.25) is 13.9 Å². The number of ether oxygens (including phenoxy) is 1. The van der Waals surface area contributed by atoms with Crippen molar-refractivity contribution < 1.29 is 35.7 Å². The number of anilines is 2. The van der Waals surface area contributed by atoms with Crippen molar-refractivity contribution in [1.82, 2.24) is 0 Å². The van der Waals surface area contributed by atoms with Crippen LogP contribution >= 0.6 is 0 Å². The van der Waals surface area contributed by atoms with E-state index in [0.717, 1.165) is 11.2 Å². The number of carbonyl (C=O) groups is 2. The number of hydrogen-bond donors (Lipinski definition) is 0. The molecule has 2 aliphatic heterocycles. The van der Waals surface area contributed by atoms with Gasteiger partial charge in [0, 0.05) is 19.2 Å². The van der Waals surface area contributed by atoms with Gasteiger partial charge in [-0.15, -0.1) is 0 Å². The smallest absolute Gasteiger partial charge is 0.414 e. The predicted octanol–water partition coefficient (Wildman–Crippen LogP) is 1.56. The Morgan fingerprint density at radius 1 is 1.22 bits per heavy atom. The molecule has 0 bridgehead atoms. The van der Waals surface area contributed by atoms with Crippen molar-refractivity contribution in [2.24, 2.45) is 0 Å². The Bertz CT molecular complexity index is 918. The van der Waals surface area contributed by atoms with E-state index in [-0.39, 0.29) is 36.7 Å². The molecule has 146 valence electrons. The minimum Gasteiger partial charge on any atom is -0.441 e. The fraction of sp³-hybridized carbons (Fsp3) is 0.375. The maximum atomic E-state index is 14.6. The second-order valence-corrected chi connectivity index (χ2v) is 7.71. The molecule has 8 nitrogen and oxygen atoms in total. The summed E-state index contributed by atoms with van der Waals surface area (Å²) in [6, 6.07) is 2.51. The predicted molar refractivity (Wildman–Crippen MR) is 90.9 cm³/mol. The summed E-state index contributed by atoms with van der Waals surface area (Å²) in [5.41, 5.74) is -0.398. The normalized spacial score (nSPS) is 20.3. The van der Waals surface area contributed by atoms with Gasteiger partial charge in [0.15, 0.2) is 17.4 Å². The lowest BCUT2D eigenvalue weighted by atomic mass is 10.1. The van der Waals surface area contributed by atoms with Crippen LogP contribution in [-0.4, -0.2) is 52.4 Å². The number of carbonyl (C=O) groups excluding carboxylic acids is 2. The summed E-state index contributed by atoms with van der Waals surface area (Å²) in [6.45, 7) is -0.403. The third-order valence-corrected chi connectivity index (χ3v) is 4.59. The van der Waals surface area contributed by atoms with Crippen molar-refractivity contribution in [3.8, 4) is 0 Å². The molecule has 0 aliphatic carbocycles. The van der Waals surface area contributed by atoms with Crippen LogP contribution in [0.5, 0.6) is 0 Å². The molecular weight excluding hydrogens is 386 g/mol. The van der Waals surface area contributed by atoms with E-state index in [1.165, 1.54) is 29.3 Å². The minimum absolute atomic E-state index is 0.0653. The van der Waals surface area contributed by atoms with Crippen LogP contribution in [0.2, 0.25) is 0 Å². The number of nitrogens with zero attached hydrogens (tertiary/aromatic N) is 2. The van der Waals surface area contributed by atoms with Crippen molar-refractivity contribution in [1.29, 1.82) is 0 Å². The van der Waals surface area contributed by atoms with Crippen molar-refractivity contribution in [2.75, 3.05) is 35.8 Å². The molecule has 0 spiro atoms. The van der Waals surface area contributed by atoms with E-state index in [0.29, 0.717) is 0 Å². The van der Waals surface area contributed by atoms with Gasteiger partial charge >= 0.3 is 6.09 Å². The summed E-state index contributed by atoms with van der Waals surface area (Å²) in [4.78, 5) is 25.4. The van der Waals surface area contributed by atoms with Crippen molar-refractivity contribution >= 4 is 33.4 Å². The van der Waals surface area contributed by atoms with Crippen molar-refractivity contribution in [2.45, 2.75) is 12.5 Å². The van der Waals surface area contributed by atoms with Gasteiger partial charge in [-0.25, -0.2) is 13.6 Å². The quantitative estimate of drug-likeness (QED) is 0.690. The number of cyclic esters (lactones) is 1. The zero-order valence-electron chi connectivity index (χ0n) is 14.2. The molecule has 1 atom stereocenters. The van der Waals surface area contributed by atoms with Gasteiger partial charge < -0.3 is 9.64 Å². The number of rotatable bonds is 5. The van der Waals surface area contributed by atoms with E-state index in [1.807, 2.05) is 0 Å². The number of amides is 1. The fourth-order valence-corrected chi connectivity index (χ4v) is 3.13. The fourth-order valence-electron chi connectivity index (χ4n) is 2.73. The van der Waals surface area contributed by atoms with E-state index in [2.05, 4.69) is 4.18 Å². The molecule has 2 aliphatic rings. The van der Waals surface area contributed by atoms with Gasteiger partial charge in [0.25, 0.3) is 10.1 Å². The average Bonchev–Trinajstić information content (AvgIpc) is 2.97. The average molecular weight is 402 g/mol. The Kier molecular flexibility index (Phi) is 5.16. The van der Waals surface area contributed by atoms with Crippen LogP contribution in [0.25, 0.3) is 0 Å². The molecule has 11 heteroatoms. The lowest BCUT2D eigenvalue weighted by Gasteiger charge is -2.24. The SMILES string of the molecule is CS(=O)(=O)OCC1CN(c2ccc(N3C=CC(=O)CC3)c(F)c2F)C(=O)O1. The number of hydrogen-bond acceptors (Lipinski definition) is 7. The molecule has 0 N–H and O–H groups in total. The van der Waals surface area contributed by atoms with Crippen molar-refractivity contribution in [3.05, 3.63) is 36.0 Å². The highest BCUT2D eigenvalue weighted by molar-refractivity contribution is 7.85. The standard InChI is InChI=1S/C16H16F2N2O6S/c1-27(23,24)25-9-11-8-20(16(22)26-11)13-3-2-12(14(17)15(13)18)19-6-4-10(21)5-7-19/h2-4,6,11H,5,7-9H2,1H3. The molecule has 1 unspecified atom stereocenters. The molecule has 1 fully saturated rings. The number of benzene rings is 1. The van der Waals surface area contributed by atoms with Gasteiger partial charge in [0.05, 0.1) is 24.2 Å². The monoisotopic (exact) mass is 402 g/mol. The van der Waals surface area contributed by atoms with Crippen LogP contribution in [0.3, 0.4) is 0 Å². The Morgan fingerprint density at radius 3 is 2.52 bits per heavy atom. The van der Waals surface area contributed by atoms with E-state index >= 15 is 0 Å². The summed E-state index contributed by atoms with van der Waals surface area (Å²) >= 11 is 0. The third-order valence-electron chi connectivity index (χ3n) is 4.02. The Morgan fingerprint density at radius 2 is 1.89 bits per heavy atom. The summed E-state index contributed by atoms with van der Waals surface area (Å²) in [7, 11) is -3.73. The van der Waals surface area contributed by atoms with Crippen molar-refractivity contribution in [3.63, 3.8) is 0 Å². The summed E-state index contributed by atoms with van der Waals surface area (Å²) in [5.74, 6) is -2.53. The lowest BCUT2D eigenvalue weighted by molar-refractivity contribution is -0.114. The van der Waals surface area contributed by atoms with Gasteiger partial charge in [-0.05, 0) is 18.2 Å². The van der Waals surface area contributed by atoms with E-state index < -0.39 is 40.6 Å². The first-order chi connectivity index (χ1) is 12.7. The molecule has 0 saturated carbocycles. The zero-order chi connectivity index (χ0) is 19.8. The van der Waals surface area contributed by atoms with Gasteiger partial charge in [-0.2, -0.15) is 8.42 Å². The van der Waals surface area contributed by atoms with Crippen LogP contribution in [0, 0.1) is 11.6 Å². The maximum absolute atomic E-state index is 14.6. The first-order valence-electron chi connectivity index (χ1n) is 7.94. The highest BCUT2D eigenvalue weighted by atomic mass is 32.2. The van der Waals surface area contributed by atoms with Gasteiger partial charge in [0.1, 0.15) is 12.7 Å². The maximum Gasteiger partial charge on any atom is 0.414 e. The molecule has 0 aromatic heterocycles. The van der Waals surface area contributed by atoms with Crippen LogP contribution in [-0.2, 0) is 23.8 Å². The molecular formula is C16H16F2N2O6S.